The molecule has 0 amide bonds. The average molecular weight is 216 g/mol. The summed E-state index contributed by atoms with van der Waals surface area (Å²) in [5.41, 5.74) is 0. The van der Waals surface area contributed by atoms with E-state index >= 15 is 0 Å². The number of quaternary nitrogens is 2. The minimum atomic E-state index is 1.09. The van der Waals surface area contributed by atoms with Crippen LogP contribution in [0.1, 0.15) is 33.1 Å². The van der Waals surface area contributed by atoms with Crippen molar-refractivity contribution in [2.24, 2.45) is 0 Å². The van der Waals surface area contributed by atoms with E-state index in [0.29, 0.717) is 0 Å². The maximum Gasteiger partial charge on any atom is 0.0838 e. The molecule has 0 aliphatic heterocycles. The Hall–Kier alpha value is -0.0800. The van der Waals surface area contributed by atoms with E-state index < -0.39 is 0 Å². The highest BCUT2D eigenvalue weighted by molar-refractivity contribution is 4.41. The Morgan fingerprint density at radius 2 is 1.27 bits per heavy atom. The fourth-order valence-corrected chi connectivity index (χ4v) is 1.89. The summed E-state index contributed by atoms with van der Waals surface area (Å²) < 4.78 is 2.35. The van der Waals surface area contributed by atoms with Gasteiger partial charge in [-0.2, -0.15) is 0 Å². The first kappa shape index (κ1) is 14.9. The van der Waals surface area contributed by atoms with E-state index in [9.17, 15) is 0 Å². The summed E-state index contributed by atoms with van der Waals surface area (Å²) >= 11 is 0. The molecule has 0 rings (SSSR count). The summed E-state index contributed by atoms with van der Waals surface area (Å²) in [4.78, 5) is 0. The van der Waals surface area contributed by atoms with Gasteiger partial charge in [-0.1, -0.05) is 13.3 Å². The molecule has 0 aromatic heterocycles. The van der Waals surface area contributed by atoms with E-state index in [1.54, 1.807) is 0 Å². The van der Waals surface area contributed by atoms with Gasteiger partial charge < -0.3 is 8.97 Å². The van der Waals surface area contributed by atoms with Gasteiger partial charge in [0, 0.05) is 6.42 Å². The van der Waals surface area contributed by atoms with Crippen molar-refractivity contribution < 1.29 is 8.97 Å². The topological polar surface area (TPSA) is 0 Å². The van der Waals surface area contributed by atoms with Crippen molar-refractivity contribution in [3.8, 4) is 0 Å². The van der Waals surface area contributed by atoms with Crippen LogP contribution in [0.3, 0.4) is 0 Å². The molecule has 0 saturated carbocycles. The first-order chi connectivity index (χ1) is 6.83. The van der Waals surface area contributed by atoms with Crippen LogP contribution in [0, 0.1) is 0 Å². The quantitative estimate of drug-likeness (QED) is 0.546. The Balaban J connectivity index is 3.87. The summed E-state index contributed by atoms with van der Waals surface area (Å²) in [6, 6.07) is 0. The third-order valence-electron chi connectivity index (χ3n) is 3.34. The third kappa shape index (κ3) is 7.80. The summed E-state index contributed by atoms with van der Waals surface area (Å²) in [5, 5.41) is 0. The van der Waals surface area contributed by atoms with Crippen molar-refractivity contribution in [1.29, 1.82) is 0 Å². The molecule has 0 bridgehead atoms. The van der Waals surface area contributed by atoms with Gasteiger partial charge in [0.2, 0.25) is 0 Å². The molecule has 2 heteroatoms. The first-order valence-corrected chi connectivity index (χ1v) is 6.47. The Kier molecular flexibility index (Phi) is 6.46. The summed E-state index contributed by atoms with van der Waals surface area (Å²) in [6.07, 6.45) is 4.04. The number of rotatable bonds is 8. The predicted octanol–water partition coefficient (Wildman–Crippen LogP) is 2.35. The lowest BCUT2D eigenvalue weighted by Gasteiger charge is -2.34. The van der Waals surface area contributed by atoms with Gasteiger partial charge in [0.1, 0.15) is 0 Å². The largest absolute Gasteiger partial charge is 0.331 e. The minimum absolute atomic E-state index is 1.09. The molecule has 0 fully saturated rings. The maximum atomic E-state index is 2.41. The molecule has 0 spiro atoms. The average Bonchev–Trinajstić information content (AvgIpc) is 2.13. The van der Waals surface area contributed by atoms with Crippen molar-refractivity contribution in [1.82, 2.24) is 0 Å². The Morgan fingerprint density at radius 1 is 0.733 bits per heavy atom. The van der Waals surface area contributed by atoms with Crippen LogP contribution in [0.4, 0.5) is 0 Å². The standard InChI is InChI=1S/C13H32N2/c1-7-9-12-15(6,8-2)13-10-11-14(3,4)5/h7-13H2,1-6H3/q+2. The molecule has 0 aliphatic rings. The zero-order valence-electron chi connectivity index (χ0n) is 11.8. The van der Waals surface area contributed by atoms with Crippen LogP contribution in [0.15, 0.2) is 0 Å². The number of hydrogen-bond donors (Lipinski definition) is 0. The van der Waals surface area contributed by atoms with Gasteiger partial charge in [-0.05, 0) is 13.3 Å². The summed E-state index contributed by atoms with van der Waals surface area (Å²) in [6.45, 7) is 9.86. The molecular formula is C13H32N2+2. The highest BCUT2D eigenvalue weighted by atomic mass is 15.3. The van der Waals surface area contributed by atoms with Crippen LogP contribution in [0.5, 0.6) is 0 Å². The van der Waals surface area contributed by atoms with E-state index in [0.717, 1.165) is 4.48 Å². The molecule has 1 atom stereocenters. The van der Waals surface area contributed by atoms with Crippen molar-refractivity contribution >= 4 is 0 Å². The molecule has 0 aliphatic carbocycles. The lowest BCUT2D eigenvalue weighted by atomic mass is 10.2. The third-order valence-corrected chi connectivity index (χ3v) is 3.34. The molecule has 2 nitrogen and oxygen atoms in total. The van der Waals surface area contributed by atoms with Crippen molar-refractivity contribution in [3.05, 3.63) is 0 Å². The highest BCUT2D eigenvalue weighted by Crippen LogP contribution is 2.08. The molecule has 15 heavy (non-hydrogen) atoms. The molecule has 0 aromatic rings. The smallest absolute Gasteiger partial charge is 0.0838 e. The predicted molar refractivity (Wildman–Crippen MR) is 68.9 cm³/mol. The molecular weight excluding hydrogens is 184 g/mol. The van der Waals surface area contributed by atoms with Crippen LogP contribution in [-0.4, -0.2) is 63.3 Å². The van der Waals surface area contributed by atoms with E-state index in [1.807, 2.05) is 0 Å². The van der Waals surface area contributed by atoms with E-state index in [-0.39, 0.29) is 0 Å². The van der Waals surface area contributed by atoms with Crippen LogP contribution < -0.4 is 0 Å². The first-order valence-electron chi connectivity index (χ1n) is 6.47. The van der Waals surface area contributed by atoms with Gasteiger partial charge in [-0.3, -0.25) is 0 Å². The minimum Gasteiger partial charge on any atom is -0.331 e. The van der Waals surface area contributed by atoms with Crippen LogP contribution >= 0.6 is 0 Å². The lowest BCUT2D eigenvalue weighted by Crippen LogP contribution is -2.47. The van der Waals surface area contributed by atoms with Gasteiger partial charge in [-0.25, -0.2) is 0 Å². The van der Waals surface area contributed by atoms with E-state index in [4.69, 9.17) is 0 Å². The van der Waals surface area contributed by atoms with E-state index in [2.05, 4.69) is 42.0 Å². The fraction of sp³-hybridized carbons (Fsp3) is 1.00. The molecule has 1 unspecified atom stereocenters. The van der Waals surface area contributed by atoms with E-state index in [1.165, 1.54) is 49.9 Å². The zero-order chi connectivity index (χ0) is 11.9. The van der Waals surface area contributed by atoms with Crippen molar-refractivity contribution in [3.63, 3.8) is 0 Å². The van der Waals surface area contributed by atoms with Crippen LogP contribution in [-0.2, 0) is 0 Å². The fourth-order valence-electron chi connectivity index (χ4n) is 1.89. The Bertz CT molecular complexity index is 160. The second kappa shape index (κ2) is 6.49. The Morgan fingerprint density at radius 3 is 1.67 bits per heavy atom. The molecule has 0 N–H and O–H groups in total. The zero-order valence-corrected chi connectivity index (χ0v) is 11.8. The second-order valence-electron chi connectivity index (χ2n) is 6.10. The molecule has 0 aromatic carbocycles. The second-order valence-corrected chi connectivity index (χ2v) is 6.10. The van der Waals surface area contributed by atoms with Crippen molar-refractivity contribution in [2.75, 3.05) is 54.4 Å². The molecule has 0 heterocycles. The number of unbranched alkanes of at least 4 members (excludes halogenated alkanes) is 1. The molecule has 92 valence electrons. The number of hydrogen-bond acceptors (Lipinski definition) is 0. The SMILES string of the molecule is CCCC[N+](C)(CC)CCC[N+](C)(C)C. The maximum absolute atomic E-state index is 2.41. The van der Waals surface area contributed by atoms with Crippen molar-refractivity contribution in [2.45, 2.75) is 33.1 Å². The van der Waals surface area contributed by atoms with Crippen LogP contribution in [0.2, 0.25) is 0 Å². The van der Waals surface area contributed by atoms with Gasteiger partial charge in [0.15, 0.2) is 0 Å². The summed E-state index contributed by atoms with van der Waals surface area (Å²) in [5.74, 6) is 0. The Labute approximate surface area is 97.1 Å². The normalized spacial score (nSPS) is 16.4. The monoisotopic (exact) mass is 216 g/mol. The van der Waals surface area contributed by atoms with Gasteiger partial charge in [0.05, 0.1) is 54.4 Å². The molecule has 0 saturated heterocycles. The number of nitrogens with zero attached hydrogens (tertiary/aromatic N) is 2. The highest BCUT2D eigenvalue weighted by Gasteiger charge is 2.19. The molecule has 0 radical (unpaired) electrons. The van der Waals surface area contributed by atoms with Gasteiger partial charge in [-0.15, -0.1) is 0 Å². The lowest BCUT2D eigenvalue weighted by molar-refractivity contribution is -0.916. The summed E-state index contributed by atoms with van der Waals surface area (Å²) in [7, 11) is 9.25. The van der Waals surface area contributed by atoms with Gasteiger partial charge in [0.25, 0.3) is 0 Å². The van der Waals surface area contributed by atoms with Gasteiger partial charge >= 0.3 is 0 Å². The van der Waals surface area contributed by atoms with Crippen LogP contribution in [0.25, 0.3) is 0 Å².